The molecule has 0 radical (unpaired) electrons. The minimum atomic E-state index is -0.400. The lowest BCUT2D eigenvalue weighted by atomic mass is 10.0. The number of carbonyl (C=O) groups excluding carboxylic acids is 1. The van der Waals surface area contributed by atoms with Crippen LogP contribution < -0.4 is 10.1 Å². The van der Waals surface area contributed by atoms with Gasteiger partial charge < -0.3 is 15.2 Å². The van der Waals surface area contributed by atoms with E-state index in [1.165, 1.54) is 0 Å². The molecular formula is C21H18BrNO3. The van der Waals surface area contributed by atoms with Crippen molar-refractivity contribution in [2.24, 2.45) is 0 Å². The van der Waals surface area contributed by atoms with Crippen molar-refractivity contribution in [2.75, 3.05) is 12.4 Å². The van der Waals surface area contributed by atoms with Crippen LogP contribution >= 0.6 is 15.9 Å². The molecule has 132 valence electrons. The number of para-hydroxylation sites is 2. The summed E-state index contributed by atoms with van der Waals surface area (Å²) in [4.78, 5) is 12.7. The Labute approximate surface area is 160 Å². The van der Waals surface area contributed by atoms with Gasteiger partial charge >= 0.3 is 0 Å². The summed E-state index contributed by atoms with van der Waals surface area (Å²) in [5.41, 5.74) is 2.48. The summed E-state index contributed by atoms with van der Waals surface area (Å²) >= 11 is 3.43. The summed E-state index contributed by atoms with van der Waals surface area (Å²) in [6.07, 6.45) is 0.529. The number of hydrogen-bond donors (Lipinski definition) is 2. The fourth-order valence-electron chi connectivity index (χ4n) is 2.72. The van der Waals surface area contributed by atoms with Crippen LogP contribution in [0.4, 0.5) is 5.69 Å². The zero-order valence-corrected chi connectivity index (χ0v) is 15.8. The number of rotatable bonds is 5. The van der Waals surface area contributed by atoms with Crippen molar-refractivity contribution < 1.29 is 14.6 Å². The van der Waals surface area contributed by atoms with E-state index in [1.54, 1.807) is 31.4 Å². The first-order valence-corrected chi connectivity index (χ1v) is 8.87. The highest BCUT2D eigenvalue weighted by Gasteiger charge is 2.17. The van der Waals surface area contributed by atoms with Gasteiger partial charge in [-0.1, -0.05) is 58.4 Å². The average Bonchev–Trinajstić information content (AvgIpc) is 2.65. The van der Waals surface area contributed by atoms with Gasteiger partial charge in [0, 0.05) is 16.5 Å². The number of phenols is 1. The molecule has 3 aromatic carbocycles. The van der Waals surface area contributed by atoms with Crippen LogP contribution in [0.3, 0.4) is 0 Å². The number of methoxy groups -OCH3 is 1. The predicted molar refractivity (Wildman–Crippen MR) is 106 cm³/mol. The number of hydrogen-bond acceptors (Lipinski definition) is 3. The van der Waals surface area contributed by atoms with E-state index in [1.807, 2.05) is 42.5 Å². The van der Waals surface area contributed by atoms with E-state index >= 15 is 0 Å². The molecule has 0 aromatic heterocycles. The van der Waals surface area contributed by atoms with Gasteiger partial charge in [-0.2, -0.15) is 0 Å². The molecule has 0 heterocycles. The summed E-state index contributed by atoms with van der Waals surface area (Å²) in [6.45, 7) is 0. The lowest BCUT2D eigenvalue weighted by Gasteiger charge is -2.13. The van der Waals surface area contributed by atoms with Crippen LogP contribution in [-0.2, 0) is 6.42 Å². The third-order valence-electron chi connectivity index (χ3n) is 3.99. The van der Waals surface area contributed by atoms with E-state index in [4.69, 9.17) is 4.74 Å². The quantitative estimate of drug-likeness (QED) is 0.620. The minimum Gasteiger partial charge on any atom is -0.507 e. The Hall–Kier alpha value is -2.79. The van der Waals surface area contributed by atoms with E-state index in [9.17, 15) is 9.90 Å². The molecule has 0 bridgehead atoms. The van der Waals surface area contributed by atoms with Gasteiger partial charge in [0.05, 0.1) is 18.4 Å². The van der Waals surface area contributed by atoms with Crippen molar-refractivity contribution in [1.82, 2.24) is 0 Å². The van der Waals surface area contributed by atoms with E-state index in [2.05, 4.69) is 21.2 Å². The van der Waals surface area contributed by atoms with E-state index < -0.39 is 5.91 Å². The Kier molecular flexibility index (Phi) is 5.58. The summed E-state index contributed by atoms with van der Waals surface area (Å²) in [7, 11) is 1.54. The molecule has 2 N–H and O–H groups in total. The number of amides is 1. The molecule has 5 heteroatoms. The fraction of sp³-hybridized carbons (Fsp3) is 0.0952. The SMILES string of the molecule is COc1ccccc1NC(=O)c1cc(Br)cc(Cc2ccccc2)c1O. The second kappa shape index (κ2) is 8.06. The Morgan fingerprint density at radius 1 is 1.08 bits per heavy atom. The molecular weight excluding hydrogens is 394 g/mol. The highest BCUT2D eigenvalue weighted by Crippen LogP contribution is 2.31. The van der Waals surface area contributed by atoms with Gasteiger partial charge in [-0.25, -0.2) is 0 Å². The van der Waals surface area contributed by atoms with Gasteiger partial charge in [-0.15, -0.1) is 0 Å². The third kappa shape index (κ3) is 4.06. The van der Waals surface area contributed by atoms with E-state index in [0.29, 0.717) is 23.4 Å². The highest BCUT2D eigenvalue weighted by atomic mass is 79.9. The predicted octanol–water partition coefficient (Wildman–Crippen LogP) is 5.01. The zero-order chi connectivity index (χ0) is 18.5. The molecule has 26 heavy (non-hydrogen) atoms. The Morgan fingerprint density at radius 3 is 2.50 bits per heavy atom. The number of aromatic hydroxyl groups is 1. The summed E-state index contributed by atoms with van der Waals surface area (Å²) in [6, 6.07) is 20.4. The van der Waals surface area contributed by atoms with Crippen LogP contribution in [0, 0.1) is 0 Å². The molecule has 0 atom stereocenters. The number of carbonyl (C=O) groups is 1. The Morgan fingerprint density at radius 2 is 1.77 bits per heavy atom. The molecule has 0 aliphatic heterocycles. The second-order valence-corrected chi connectivity index (χ2v) is 6.69. The Balaban J connectivity index is 1.91. The maximum atomic E-state index is 12.7. The Bertz CT molecular complexity index is 926. The first kappa shape index (κ1) is 18.0. The molecule has 0 unspecified atom stereocenters. The van der Waals surface area contributed by atoms with E-state index in [-0.39, 0.29) is 11.3 Å². The number of phenolic OH excluding ortho intramolecular Hbond substituents is 1. The monoisotopic (exact) mass is 411 g/mol. The van der Waals surface area contributed by atoms with Crippen molar-refractivity contribution in [2.45, 2.75) is 6.42 Å². The molecule has 0 fully saturated rings. The normalized spacial score (nSPS) is 10.4. The minimum absolute atomic E-state index is 0.0237. The molecule has 3 aromatic rings. The van der Waals surface area contributed by atoms with Gasteiger partial charge in [0.25, 0.3) is 5.91 Å². The van der Waals surface area contributed by atoms with Gasteiger partial charge in [0.2, 0.25) is 0 Å². The number of benzene rings is 3. The van der Waals surface area contributed by atoms with Crippen molar-refractivity contribution in [3.05, 3.63) is 87.9 Å². The molecule has 3 rings (SSSR count). The van der Waals surface area contributed by atoms with E-state index in [0.717, 1.165) is 10.0 Å². The molecule has 0 saturated heterocycles. The summed E-state index contributed by atoms with van der Waals surface area (Å²) in [5, 5.41) is 13.4. The second-order valence-electron chi connectivity index (χ2n) is 5.78. The van der Waals surface area contributed by atoms with Crippen molar-refractivity contribution >= 4 is 27.5 Å². The lowest BCUT2D eigenvalue weighted by molar-refractivity contribution is 0.102. The van der Waals surface area contributed by atoms with Gasteiger partial charge in [-0.3, -0.25) is 4.79 Å². The maximum absolute atomic E-state index is 12.7. The summed E-state index contributed by atoms with van der Waals surface area (Å²) in [5.74, 6) is 0.131. The van der Waals surface area contributed by atoms with Gasteiger partial charge in [0.1, 0.15) is 11.5 Å². The first-order chi connectivity index (χ1) is 12.6. The highest BCUT2D eigenvalue weighted by molar-refractivity contribution is 9.10. The van der Waals surface area contributed by atoms with Crippen molar-refractivity contribution in [1.29, 1.82) is 0 Å². The fourth-order valence-corrected chi connectivity index (χ4v) is 3.22. The van der Waals surface area contributed by atoms with Crippen molar-refractivity contribution in [3.63, 3.8) is 0 Å². The number of nitrogens with one attached hydrogen (secondary N) is 1. The molecule has 0 spiro atoms. The maximum Gasteiger partial charge on any atom is 0.259 e. The lowest BCUT2D eigenvalue weighted by Crippen LogP contribution is -2.13. The van der Waals surface area contributed by atoms with Crippen molar-refractivity contribution in [3.8, 4) is 11.5 Å². The number of anilines is 1. The van der Waals surface area contributed by atoms with Crippen LogP contribution in [0.2, 0.25) is 0 Å². The van der Waals surface area contributed by atoms with Gasteiger partial charge in [0.15, 0.2) is 0 Å². The summed E-state index contributed by atoms with van der Waals surface area (Å²) < 4.78 is 5.98. The number of halogens is 1. The smallest absolute Gasteiger partial charge is 0.259 e. The largest absolute Gasteiger partial charge is 0.507 e. The zero-order valence-electron chi connectivity index (χ0n) is 14.2. The van der Waals surface area contributed by atoms with Crippen LogP contribution in [-0.4, -0.2) is 18.1 Å². The van der Waals surface area contributed by atoms with Gasteiger partial charge in [-0.05, 0) is 29.8 Å². The first-order valence-electron chi connectivity index (χ1n) is 8.08. The molecule has 1 amide bonds. The van der Waals surface area contributed by atoms with Crippen LogP contribution in [0.15, 0.2) is 71.2 Å². The van der Waals surface area contributed by atoms with Crippen LogP contribution in [0.5, 0.6) is 11.5 Å². The number of ether oxygens (including phenoxy) is 1. The average molecular weight is 412 g/mol. The molecule has 0 aliphatic carbocycles. The van der Waals surface area contributed by atoms with Crippen LogP contribution in [0.1, 0.15) is 21.5 Å². The molecule has 0 saturated carbocycles. The standard InChI is InChI=1S/C21H18BrNO3/c1-26-19-10-6-5-9-18(19)23-21(25)17-13-16(22)12-15(20(17)24)11-14-7-3-2-4-8-14/h2-10,12-13,24H,11H2,1H3,(H,23,25). The topological polar surface area (TPSA) is 58.6 Å². The third-order valence-corrected chi connectivity index (χ3v) is 4.45. The molecule has 4 nitrogen and oxygen atoms in total. The molecule has 0 aliphatic rings. The van der Waals surface area contributed by atoms with Crippen LogP contribution in [0.25, 0.3) is 0 Å².